The van der Waals surface area contributed by atoms with Crippen molar-refractivity contribution in [1.82, 2.24) is 9.88 Å². The minimum atomic E-state index is -4.35. The summed E-state index contributed by atoms with van der Waals surface area (Å²) in [6.07, 6.45) is 0.108. The Balaban J connectivity index is 2.12. The smallest absolute Gasteiger partial charge is 0.345 e. The first-order chi connectivity index (χ1) is 8.50. The second-order valence-electron chi connectivity index (χ2n) is 4.42. The number of nitrogens with zero attached hydrogens (tertiary/aromatic N) is 2. The van der Waals surface area contributed by atoms with Crippen LogP contribution in [0.2, 0.25) is 0 Å². The summed E-state index contributed by atoms with van der Waals surface area (Å²) in [5.74, 6) is 0.0519. The van der Waals surface area contributed by atoms with Crippen LogP contribution < -0.4 is 0 Å². The van der Waals surface area contributed by atoms with Crippen molar-refractivity contribution in [3.05, 3.63) is 29.6 Å². The summed E-state index contributed by atoms with van der Waals surface area (Å²) in [7, 11) is 0. The van der Waals surface area contributed by atoms with Gasteiger partial charge in [0.25, 0.3) is 0 Å². The predicted molar refractivity (Wildman–Crippen MR) is 58.9 cm³/mol. The number of pyridine rings is 1. The second kappa shape index (κ2) is 4.96. The van der Waals surface area contributed by atoms with Crippen LogP contribution in [0.4, 0.5) is 13.2 Å². The molecule has 1 aliphatic heterocycles. The van der Waals surface area contributed by atoms with Gasteiger partial charge in [-0.3, -0.25) is 9.78 Å². The number of carbonyl (C=O) groups is 1. The molecule has 1 aromatic rings. The average Bonchev–Trinajstić information content (AvgIpc) is 2.38. The van der Waals surface area contributed by atoms with Crippen LogP contribution in [0, 0.1) is 0 Å². The first kappa shape index (κ1) is 12.9. The van der Waals surface area contributed by atoms with E-state index in [1.807, 2.05) is 0 Å². The Bertz CT molecular complexity index is 426. The van der Waals surface area contributed by atoms with Crippen molar-refractivity contribution < 1.29 is 18.0 Å². The lowest BCUT2D eigenvalue weighted by Crippen LogP contribution is -2.31. The Morgan fingerprint density at radius 3 is 2.50 bits per heavy atom. The first-order valence-corrected chi connectivity index (χ1v) is 5.72. The number of amides is 1. The molecule has 2 rings (SSSR count). The molecule has 0 aromatic carbocycles. The molecule has 1 amide bonds. The number of carbonyl (C=O) groups excluding carboxylic acids is 1. The minimum Gasteiger partial charge on any atom is -0.345 e. The van der Waals surface area contributed by atoms with Crippen molar-refractivity contribution >= 4 is 6.41 Å². The summed E-state index contributed by atoms with van der Waals surface area (Å²) in [6.45, 7) is 1.18. The summed E-state index contributed by atoms with van der Waals surface area (Å²) < 4.78 is 37.7. The molecule has 1 aliphatic rings. The van der Waals surface area contributed by atoms with Gasteiger partial charge in [0.2, 0.25) is 6.41 Å². The summed E-state index contributed by atoms with van der Waals surface area (Å²) >= 11 is 0. The zero-order valence-electron chi connectivity index (χ0n) is 9.65. The van der Waals surface area contributed by atoms with Gasteiger partial charge in [-0.25, -0.2) is 0 Å². The molecule has 0 saturated carbocycles. The summed E-state index contributed by atoms with van der Waals surface area (Å²) in [5, 5.41) is 0. The fourth-order valence-electron chi connectivity index (χ4n) is 2.17. The van der Waals surface area contributed by atoms with Gasteiger partial charge in [-0.05, 0) is 30.4 Å². The number of halogens is 3. The highest BCUT2D eigenvalue weighted by Gasteiger charge is 2.32. The van der Waals surface area contributed by atoms with Crippen LogP contribution >= 0.6 is 0 Å². The van der Waals surface area contributed by atoms with Crippen molar-refractivity contribution in [2.75, 3.05) is 13.1 Å². The van der Waals surface area contributed by atoms with Gasteiger partial charge in [0.15, 0.2) is 0 Å². The third-order valence-electron chi connectivity index (χ3n) is 3.24. The molecule has 0 unspecified atom stereocenters. The van der Waals surface area contributed by atoms with Crippen molar-refractivity contribution in [1.29, 1.82) is 0 Å². The number of likely N-dealkylation sites (tertiary alicyclic amines) is 1. The molecule has 2 heterocycles. The highest BCUT2D eigenvalue weighted by atomic mass is 19.4. The molecule has 1 saturated heterocycles. The summed E-state index contributed by atoms with van der Waals surface area (Å²) in [4.78, 5) is 15.9. The first-order valence-electron chi connectivity index (χ1n) is 5.72. The zero-order chi connectivity index (χ0) is 13.2. The maximum atomic E-state index is 12.6. The number of rotatable bonds is 2. The second-order valence-corrected chi connectivity index (χ2v) is 4.42. The van der Waals surface area contributed by atoms with Crippen molar-refractivity contribution in [3.63, 3.8) is 0 Å². The van der Waals surface area contributed by atoms with Crippen molar-refractivity contribution in [2.24, 2.45) is 0 Å². The van der Waals surface area contributed by atoms with Crippen LogP contribution in [-0.4, -0.2) is 29.4 Å². The molecule has 3 nitrogen and oxygen atoms in total. The standard InChI is InChI=1S/C12H13F3N2O/c13-12(14,15)11-5-10(6-16-7-11)9-1-3-17(8-18)4-2-9/h5-9H,1-4H2. The number of hydrogen-bond donors (Lipinski definition) is 0. The lowest BCUT2D eigenvalue weighted by atomic mass is 9.90. The summed E-state index contributed by atoms with van der Waals surface area (Å²) in [6, 6.07) is 1.16. The van der Waals surface area contributed by atoms with Crippen LogP contribution in [0.5, 0.6) is 0 Å². The van der Waals surface area contributed by atoms with Gasteiger partial charge in [-0.1, -0.05) is 0 Å². The Labute approximate surface area is 103 Å². The third-order valence-corrected chi connectivity index (χ3v) is 3.24. The molecular weight excluding hydrogens is 245 g/mol. The van der Waals surface area contributed by atoms with Crippen molar-refractivity contribution in [2.45, 2.75) is 24.9 Å². The van der Waals surface area contributed by atoms with E-state index in [1.165, 1.54) is 6.20 Å². The lowest BCUT2D eigenvalue weighted by molar-refractivity contribution is -0.137. The van der Waals surface area contributed by atoms with Gasteiger partial charge in [0, 0.05) is 25.5 Å². The highest BCUT2D eigenvalue weighted by molar-refractivity contribution is 5.47. The maximum absolute atomic E-state index is 12.6. The molecule has 0 spiro atoms. The molecule has 18 heavy (non-hydrogen) atoms. The fourth-order valence-corrected chi connectivity index (χ4v) is 2.17. The van der Waals surface area contributed by atoms with Crippen LogP contribution in [0.25, 0.3) is 0 Å². The van der Waals surface area contributed by atoms with Crippen molar-refractivity contribution in [3.8, 4) is 0 Å². The molecule has 1 fully saturated rings. The van der Waals surface area contributed by atoms with Crippen LogP contribution in [0.1, 0.15) is 29.9 Å². The topological polar surface area (TPSA) is 33.2 Å². The molecule has 0 bridgehead atoms. The van der Waals surface area contributed by atoms with Gasteiger partial charge in [0.05, 0.1) is 5.56 Å². The van der Waals surface area contributed by atoms with E-state index in [-0.39, 0.29) is 5.92 Å². The quantitative estimate of drug-likeness (QED) is 0.763. The van der Waals surface area contributed by atoms with Gasteiger partial charge < -0.3 is 4.90 Å². The average molecular weight is 258 g/mol. The van der Waals surface area contributed by atoms with E-state index in [9.17, 15) is 18.0 Å². The predicted octanol–water partition coefficient (Wildman–Crippen LogP) is 2.44. The molecule has 6 heteroatoms. The highest BCUT2D eigenvalue weighted by Crippen LogP contribution is 2.33. The molecule has 0 radical (unpaired) electrons. The van der Waals surface area contributed by atoms with E-state index >= 15 is 0 Å². The Hall–Kier alpha value is -1.59. The van der Waals surface area contributed by atoms with Crippen LogP contribution in [0.15, 0.2) is 18.5 Å². The van der Waals surface area contributed by atoms with Gasteiger partial charge >= 0.3 is 6.18 Å². The molecule has 0 N–H and O–H groups in total. The molecule has 1 aromatic heterocycles. The van der Waals surface area contributed by atoms with Crippen LogP contribution in [0.3, 0.4) is 0 Å². The van der Waals surface area contributed by atoms with E-state index in [1.54, 1.807) is 4.90 Å². The van der Waals surface area contributed by atoms with Gasteiger partial charge in [-0.2, -0.15) is 13.2 Å². The fraction of sp³-hybridized carbons (Fsp3) is 0.500. The number of hydrogen-bond acceptors (Lipinski definition) is 2. The molecule has 0 atom stereocenters. The minimum absolute atomic E-state index is 0.0519. The van der Waals surface area contributed by atoms with E-state index in [0.717, 1.165) is 18.7 Å². The largest absolute Gasteiger partial charge is 0.417 e. The maximum Gasteiger partial charge on any atom is 0.417 e. The Kier molecular flexibility index (Phi) is 3.54. The molecule has 98 valence electrons. The number of aromatic nitrogens is 1. The van der Waals surface area contributed by atoms with E-state index in [2.05, 4.69) is 4.98 Å². The number of piperidine rings is 1. The number of alkyl halides is 3. The zero-order valence-corrected chi connectivity index (χ0v) is 9.65. The van der Waals surface area contributed by atoms with E-state index < -0.39 is 11.7 Å². The van der Waals surface area contributed by atoms with E-state index in [4.69, 9.17) is 0 Å². The van der Waals surface area contributed by atoms with Gasteiger partial charge in [-0.15, -0.1) is 0 Å². The SMILES string of the molecule is O=CN1CCC(c2cncc(C(F)(F)F)c2)CC1. The van der Waals surface area contributed by atoms with E-state index in [0.29, 0.717) is 31.5 Å². The Morgan fingerprint density at radius 1 is 1.28 bits per heavy atom. The lowest BCUT2D eigenvalue weighted by Gasteiger charge is -2.29. The normalized spacial score (nSPS) is 17.8. The molecule has 0 aliphatic carbocycles. The molecular formula is C12H13F3N2O. The summed E-state index contributed by atoms with van der Waals surface area (Å²) in [5.41, 5.74) is -0.104. The van der Waals surface area contributed by atoms with Gasteiger partial charge in [0.1, 0.15) is 0 Å². The monoisotopic (exact) mass is 258 g/mol. The van der Waals surface area contributed by atoms with Crippen LogP contribution in [-0.2, 0) is 11.0 Å². The Morgan fingerprint density at radius 2 is 1.94 bits per heavy atom. The third kappa shape index (κ3) is 2.80.